The topological polar surface area (TPSA) is 50.3 Å². The molecule has 5 heteroatoms. The standard InChI is InChI=1S/C15H26N4O/c1-4-7-16-14-13(5-2)15(18-11-17-14)19-8-6-9-20-12(3)10-19/h11-12H,4-10H2,1-3H3,(H,16,17,18). The largest absolute Gasteiger partial charge is 0.377 e. The number of ether oxygens (including phenoxy) is 1. The first-order valence-electron chi connectivity index (χ1n) is 7.70. The Morgan fingerprint density at radius 3 is 3.00 bits per heavy atom. The summed E-state index contributed by atoms with van der Waals surface area (Å²) in [5.41, 5.74) is 1.22. The highest BCUT2D eigenvalue weighted by Gasteiger charge is 2.20. The Kier molecular flexibility index (Phi) is 5.59. The molecule has 0 aromatic carbocycles. The van der Waals surface area contributed by atoms with Crippen molar-refractivity contribution in [1.82, 2.24) is 9.97 Å². The van der Waals surface area contributed by atoms with Crippen molar-refractivity contribution >= 4 is 11.6 Å². The molecule has 20 heavy (non-hydrogen) atoms. The van der Waals surface area contributed by atoms with Gasteiger partial charge in [0.05, 0.1) is 6.10 Å². The third kappa shape index (κ3) is 3.60. The molecule has 0 bridgehead atoms. The summed E-state index contributed by atoms with van der Waals surface area (Å²) in [5.74, 6) is 2.05. The van der Waals surface area contributed by atoms with Gasteiger partial charge in [-0.05, 0) is 26.2 Å². The van der Waals surface area contributed by atoms with Crippen molar-refractivity contribution in [3.63, 3.8) is 0 Å². The fourth-order valence-corrected chi connectivity index (χ4v) is 2.58. The molecule has 1 aliphatic rings. The Labute approximate surface area is 121 Å². The van der Waals surface area contributed by atoms with Crippen molar-refractivity contribution in [2.24, 2.45) is 0 Å². The predicted molar refractivity (Wildman–Crippen MR) is 82.4 cm³/mol. The molecule has 0 radical (unpaired) electrons. The molecular weight excluding hydrogens is 252 g/mol. The van der Waals surface area contributed by atoms with Gasteiger partial charge < -0.3 is 15.0 Å². The summed E-state index contributed by atoms with van der Waals surface area (Å²) in [5, 5.41) is 3.41. The van der Waals surface area contributed by atoms with E-state index < -0.39 is 0 Å². The molecule has 5 nitrogen and oxygen atoms in total. The number of rotatable bonds is 5. The van der Waals surface area contributed by atoms with E-state index in [9.17, 15) is 0 Å². The molecule has 1 aromatic heterocycles. The molecule has 0 amide bonds. The van der Waals surface area contributed by atoms with Crippen LogP contribution in [0.1, 0.15) is 39.2 Å². The van der Waals surface area contributed by atoms with E-state index in [4.69, 9.17) is 4.74 Å². The van der Waals surface area contributed by atoms with Gasteiger partial charge >= 0.3 is 0 Å². The molecule has 1 saturated heterocycles. The minimum absolute atomic E-state index is 0.254. The van der Waals surface area contributed by atoms with Crippen molar-refractivity contribution in [1.29, 1.82) is 0 Å². The molecule has 1 fully saturated rings. The lowest BCUT2D eigenvalue weighted by Crippen LogP contribution is -2.32. The van der Waals surface area contributed by atoms with Crippen LogP contribution < -0.4 is 10.2 Å². The highest BCUT2D eigenvalue weighted by Crippen LogP contribution is 2.25. The lowest BCUT2D eigenvalue weighted by atomic mass is 10.2. The van der Waals surface area contributed by atoms with Gasteiger partial charge in [0, 0.05) is 31.8 Å². The second-order valence-electron chi connectivity index (χ2n) is 5.29. The van der Waals surface area contributed by atoms with Crippen LogP contribution in [-0.2, 0) is 11.2 Å². The van der Waals surface area contributed by atoms with Crippen molar-refractivity contribution in [3.8, 4) is 0 Å². The van der Waals surface area contributed by atoms with Crippen LogP contribution >= 0.6 is 0 Å². The van der Waals surface area contributed by atoms with Crippen LogP contribution in [0.5, 0.6) is 0 Å². The lowest BCUT2D eigenvalue weighted by Gasteiger charge is -2.26. The summed E-state index contributed by atoms with van der Waals surface area (Å²) in [4.78, 5) is 11.3. The number of hydrogen-bond donors (Lipinski definition) is 1. The summed E-state index contributed by atoms with van der Waals surface area (Å²) < 4.78 is 5.72. The second kappa shape index (κ2) is 7.43. The van der Waals surface area contributed by atoms with Crippen LogP contribution in [0, 0.1) is 0 Å². The van der Waals surface area contributed by atoms with Gasteiger partial charge in [-0.25, -0.2) is 9.97 Å². The van der Waals surface area contributed by atoms with Crippen molar-refractivity contribution < 1.29 is 4.74 Å². The van der Waals surface area contributed by atoms with Gasteiger partial charge in [0.15, 0.2) is 0 Å². The summed E-state index contributed by atoms with van der Waals surface area (Å²) >= 11 is 0. The minimum Gasteiger partial charge on any atom is -0.377 e. The van der Waals surface area contributed by atoms with Crippen LogP contribution in [0.25, 0.3) is 0 Å². The molecule has 1 N–H and O–H groups in total. The van der Waals surface area contributed by atoms with Crippen LogP contribution in [-0.4, -0.2) is 42.3 Å². The number of nitrogens with one attached hydrogen (secondary N) is 1. The fourth-order valence-electron chi connectivity index (χ4n) is 2.58. The average Bonchev–Trinajstić information content (AvgIpc) is 2.69. The molecule has 0 spiro atoms. The first-order chi connectivity index (χ1) is 9.76. The summed E-state index contributed by atoms with van der Waals surface area (Å²) in [6, 6.07) is 0. The van der Waals surface area contributed by atoms with E-state index in [0.29, 0.717) is 0 Å². The summed E-state index contributed by atoms with van der Waals surface area (Å²) in [6.07, 6.45) is 5.01. The molecule has 1 unspecified atom stereocenters. The van der Waals surface area contributed by atoms with E-state index in [2.05, 4.69) is 41.0 Å². The normalized spacial score (nSPS) is 19.8. The number of hydrogen-bond acceptors (Lipinski definition) is 5. The van der Waals surface area contributed by atoms with E-state index in [1.165, 1.54) is 5.56 Å². The predicted octanol–water partition coefficient (Wildman–Crippen LogP) is 2.48. The first-order valence-corrected chi connectivity index (χ1v) is 7.70. The van der Waals surface area contributed by atoms with E-state index in [1.54, 1.807) is 6.33 Å². The molecule has 0 aliphatic carbocycles. The van der Waals surface area contributed by atoms with E-state index in [0.717, 1.165) is 57.1 Å². The molecule has 0 saturated carbocycles. The maximum atomic E-state index is 5.72. The molecule has 1 aromatic rings. The zero-order chi connectivity index (χ0) is 14.4. The smallest absolute Gasteiger partial charge is 0.137 e. The SMILES string of the molecule is CCCNc1ncnc(N2CCCOC(C)C2)c1CC. The number of aromatic nitrogens is 2. The maximum absolute atomic E-state index is 5.72. The quantitative estimate of drug-likeness (QED) is 0.896. The van der Waals surface area contributed by atoms with E-state index in [-0.39, 0.29) is 6.10 Å². The molecule has 112 valence electrons. The monoisotopic (exact) mass is 278 g/mol. The average molecular weight is 278 g/mol. The Morgan fingerprint density at radius 2 is 2.25 bits per heavy atom. The van der Waals surface area contributed by atoms with Gasteiger partial charge in [0.2, 0.25) is 0 Å². The van der Waals surface area contributed by atoms with Gasteiger partial charge in [-0.3, -0.25) is 0 Å². The van der Waals surface area contributed by atoms with Crippen LogP contribution in [0.2, 0.25) is 0 Å². The number of nitrogens with zero attached hydrogens (tertiary/aromatic N) is 3. The Bertz CT molecular complexity index is 424. The van der Waals surface area contributed by atoms with Crippen LogP contribution in [0.3, 0.4) is 0 Å². The molecule has 1 aliphatic heterocycles. The highest BCUT2D eigenvalue weighted by atomic mass is 16.5. The zero-order valence-electron chi connectivity index (χ0n) is 12.9. The zero-order valence-corrected chi connectivity index (χ0v) is 12.9. The molecule has 1 atom stereocenters. The number of anilines is 2. The summed E-state index contributed by atoms with van der Waals surface area (Å²) in [7, 11) is 0. The van der Waals surface area contributed by atoms with Gasteiger partial charge in [0.25, 0.3) is 0 Å². The van der Waals surface area contributed by atoms with E-state index >= 15 is 0 Å². The van der Waals surface area contributed by atoms with Gasteiger partial charge in [0.1, 0.15) is 18.0 Å². The third-order valence-electron chi connectivity index (χ3n) is 3.57. The van der Waals surface area contributed by atoms with Crippen molar-refractivity contribution in [3.05, 3.63) is 11.9 Å². The van der Waals surface area contributed by atoms with Gasteiger partial charge in [-0.2, -0.15) is 0 Å². The Morgan fingerprint density at radius 1 is 1.40 bits per heavy atom. The summed E-state index contributed by atoms with van der Waals surface area (Å²) in [6.45, 7) is 10.1. The highest BCUT2D eigenvalue weighted by molar-refractivity contribution is 5.59. The van der Waals surface area contributed by atoms with Crippen LogP contribution in [0.4, 0.5) is 11.6 Å². The molecule has 2 heterocycles. The minimum atomic E-state index is 0.254. The second-order valence-corrected chi connectivity index (χ2v) is 5.29. The molecule has 2 rings (SSSR count). The van der Waals surface area contributed by atoms with Crippen molar-refractivity contribution in [2.75, 3.05) is 36.5 Å². The van der Waals surface area contributed by atoms with E-state index in [1.807, 2.05) is 0 Å². The Hall–Kier alpha value is -1.36. The maximum Gasteiger partial charge on any atom is 0.137 e. The van der Waals surface area contributed by atoms with Crippen LogP contribution in [0.15, 0.2) is 6.33 Å². The fraction of sp³-hybridized carbons (Fsp3) is 0.733. The lowest BCUT2D eigenvalue weighted by molar-refractivity contribution is 0.0820. The van der Waals surface area contributed by atoms with Gasteiger partial charge in [-0.1, -0.05) is 13.8 Å². The molecular formula is C15H26N4O. The van der Waals surface area contributed by atoms with Crippen molar-refractivity contribution in [2.45, 2.75) is 46.1 Å². The third-order valence-corrected chi connectivity index (χ3v) is 3.57. The van der Waals surface area contributed by atoms with Gasteiger partial charge in [-0.15, -0.1) is 0 Å². The Balaban J connectivity index is 2.24. The first kappa shape index (κ1) is 15.0.